The number of esters is 1. The number of carbonyl (C=O) groups excluding carboxylic acids is 2. The monoisotopic (exact) mass is 299 g/mol. The van der Waals surface area contributed by atoms with Gasteiger partial charge in [0.1, 0.15) is 11.2 Å². The van der Waals surface area contributed by atoms with Gasteiger partial charge < -0.3 is 9.64 Å². The summed E-state index contributed by atoms with van der Waals surface area (Å²) < 4.78 is 6.33. The molecule has 0 bridgehead atoms. The highest BCUT2D eigenvalue weighted by Gasteiger charge is 2.45. The molecule has 0 unspecified atom stereocenters. The van der Waals surface area contributed by atoms with E-state index in [1.807, 2.05) is 0 Å². The Morgan fingerprint density at radius 3 is 2.95 bits per heavy atom. The summed E-state index contributed by atoms with van der Waals surface area (Å²) in [5.74, 6) is -0.862. The number of pyridine rings is 1. The third-order valence-electron chi connectivity index (χ3n) is 4.31. The second-order valence-electron chi connectivity index (χ2n) is 5.61. The first-order valence-corrected chi connectivity index (χ1v) is 7.07. The Hall–Kier alpha value is -2.70. The van der Waals surface area contributed by atoms with Gasteiger partial charge in [-0.2, -0.15) is 0 Å². The van der Waals surface area contributed by atoms with E-state index in [9.17, 15) is 14.4 Å². The Morgan fingerprint density at radius 2 is 2.14 bits per heavy atom. The second kappa shape index (κ2) is 4.66. The van der Waals surface area contributed by atoms with E-state index in [0.717, 1.165) is 0 Å². The molecule has 1 amide bonds. The van der Waals surface area contributed by atoms with Gasteiger partial charge in [0, 0.05) is 31.4 Å². The van der Waals surface area contributed by atoms with Crippen molar-refractivity contribution in [2.45, 2.75) is 0 Å². The lowest BCUT2D eigenvalue weighted by Crippen LogP contribution is -2.35. The SMILES string of the molecule is O=C1OC[C@H]2CN(C(=O)c3cnc4ccccn4c3=O)C[C@@H]12. The number of hydrogen-bond acceptors (Lipinski definition) is 5. The zero-order chi connectivity index (χ0) is 15.3. The highest BCUT2D eigenvalue weighted by atomic mass is 16.5. The molecular weight excluding hydrogens is 286 g/mol. The molecule has 0 saturated carbocycles. The average Bonchev–Trinajstić information content (AvgIpc) is 3.10. The molecule has 22 heavy (non-hydrogen) atoms. The fourth-order valence-electron chi connectivity index (χ4n) is 3.11. The molecule has 2 aromatic rings. The summed E-state index contributed by atoms with van der Waals surface area (Å²) in [5, 5.41) is 0. The van der Waals surface area contributed by atoms with Gasteiger partial charge in [0.25, 0.3) is 11.5 Å². The first kappa shape index (κ1) is 13.0. The Labute approximate surface area is 125 Å². The molecule has 4 heterocycles. The van der Waals surface area contributed by atoms with E-state index in [-0.39, 0.29) is 29.3 Å². The Balaban J connectivity index is 1.68. The molecule has 2 aliphatic rings. The summed E-state index contributed by atoms with van der Waals surface area (Å²) in [6.45, 7) is 1.09. The van der Waals surface area contributed by atoms with Gasteiger partial charge in [0.15, 0.2) is 0 Å². The predicted octanol–water partition coefficient (Wildman–Crippen LogP) is -0.0605. The molecule has 0 aliphatic carbocycles. The molecule has 2 aliphatic heterocycles. The number of likely N-dealkylation sites (tertiary alicyclic amines) is 1. The molecule has 0 radical (unpaired) electrons. The third-order valence-corrected chi connectivity index (χ3v) is 4.31. The standard InChI is InChI=1S/C15H13N3O4/c19-13(17-6-9-8-22-15(21)11(9)7-17)10-5-16-12-3-1-2-4-18(12)14(10)20/h1-5,9,11H,6-8H2/t9-,11-/m1/s1. The summed E-state index contributed by atoms with van der Waals surface area (Å²) in [6, 6.07) is 5.18. The van der Waals surface area contributed by atoms with Crippen LogP contribution in [0.15, 0.2) is 35.4 Å². The maximum Gasteiger partial charge on any atom is 0.311 e. The largest absolute Gasteiger partial charge is 0.465 e. The highest BCUT2D eigenvalue weighted by Crippen LogP contribution is 2.30. The first-order valence-electron chi connectivity index (χ1n) is 7.07. The van der Waals surface area contributed by atoms with Gasteiger partial charge in [0.05, 0.1) is 12.5 Å². The van der Waals surface area contributed by atoms with Crippen LogP contribution in [0.1, 0.15) is 10.4 Å². The average molecular weight is 299 g/mol. The van der Waals surface area contributed by atoms with Crippen molar-refractivity contribution in [3.63, 3.8) is 0 Å². The van der Waals surface area contributed by atoms with Crippen molar-refractivity contribution >= 4 is 17.5 Å². The van der Waals surface area contributed by atoms with Crippen LogP contribution in [0.5, 0.6) is 0 Å². The molecule has 2 aromatic heterocycles. The number of cyclic esters (lactones) is 1. The second-order valence-corrected chi connectivity index (χ2v) is 5.61. The molecule has 0 N–H and O–H groups in total. The van der Waals surface area contributed by atoms with Crippen LogP contribution >= 0.6 is 0 Å². The maximum atomic E-state index is 12.6. The number of amides is 1. The minimum atomic E-state index is -0.393. The number of nitrogens with zero attached hydrogens (tertiary/aromatic N) is 3. The summed E-state index contributed by atoms with van der Waals surface area (Å²) in [5.41, 5.74) is 0.123. The molecule has 7 nitrogen and oxygen atoms in total. The van der Waals surface area contributed by atoms with Crippen molar-refractivity contribution in [2.75, 3.05) is 19.7 Å². The van der Waals surface area contributed by atoms with E-state index >= 15 is 0 Å². The summed E-state index contributed by atoms with van der Waals surface area (Å²) >= 11 is 0. The Kier molecular flexibility index (Phi) is 2.75. The van der Waals surface area contributed by atoms with Gasteiger partial charge in [-0.3, -0.25) is 18.8 Å². The first-order chi connectivity index (χ1) is 10.6. The van der Waals surface area contributed by atoms with E-state index in [2.05, 4.69) is 4.98 Å². The van der Waals surface area contributed by atoms with Gasteiger partial charge in [-0.1, -0.05) is 6.07 Å². The van der Waals surface area contributed by atoms with Crippen molar-refractivity contribution in [2.24, 2.45) is 11.8 Å². The highest BCUT2D eigenvalue weighted by molar-refractivity contribution is 5.94. The molecule has 2 atom stereocenters. The Bertz CT molecular complexity index is 844. The van der Waals surface area contributed by atoms with Gasteiger partial charge in [-0.05, 0) is 12.1 Å². The molecular formula is C15H13N3O4. The molecule has 112 valence electrons. The van der Waals surface area contributed by atoms with Gasteiger partial charge in [0.2, 0.25) is 0 Å². The quantitative estimate of drug-likeness (QED) is 0.689. The van der Waals surface area contributed by atoms with Crippen LogP contribution in [0.25, 0.3) is 5.65 Å². The van der Waals surface area contributed by atoms with Crippen molar-refractivity contribution in [1.82, 2.24) is 14.3 Å². The number of ether oxygens (including phenoxy) is 1. The number of aromatic nitrogens is 2. The van der Waals surface area contributed by atoms with Crippen LogP contribution in [0.3, 0.4) is 0 Å². The fourth-order valence-corrected chi connectivity index (χ4v) is 3.11. The normalized spacial score (nSPS) is 23.6. The molecule has 4 rings (SSSR count). The van der Waals surface area contributed by atoms with E-state index < -0.39 is 5.56 Å². The van der Waals surface area contributed by atoms with Crippen LogP contribution in [0.4, 0.5) is 0 Å². The minimum absolute atomic E-state index is 0.0250. The zero-order valence-corrected chi connectivity index (χ0v) is 11.6. The van der Waals surface area contributed by atoms with Gasteiger partial charge in [-0.15, -0.1) is 0 Å². The molecule has 0 aromatic carbocycles. The maximum absolute atomic E-state index is 12.6. The Morgan fingerprint density at radius 1 is 1.27 bits per heavy atom. The van der Waals surface area contributed by atoms with E-state index in [1.165, 1.54) is 10.6 Å². The number of hydrogen-bond donors (Lipinski definition) is 0. The number of carbonyl (C=O) groups is 2. The summed E-state index contributed by atoms with van der Waals surface area (Å²) in [7, 11) is 0. The lowest BCUT2D eigenvalue weighted by atomic mass is 10.0. The van der Waals surface area contributed by atoms with Crippen molar-refractivity contribution in [3.8, 4) is 0 Å². The predicted molar refractivity (Wildman–Crippen MR) is 75.3 cm³/mol. The lowest BCUT2D eigenvalue weighted by molar-refractivity contribution is -0.141. The van der Waals surface area contributed by atoms with Gasteiger partial charge in [-0.25, -0.2) is 4.98 Å². The lowest BCUT2D eigenvalue weighted by Gasteiger charge is -2.16. The molecule has 2 saturated heterocycles. The molecule has 7 heteroatoms. The van der Waals surface area contributed by atoms with Crippen LogP contribution in [-0.4, -0.2) is 45.9 Å². The van der Waals surface area contributed by atoms with Gasteiger partial charge >= 0.3 is 5.97 Å². The third kappa shape index (κ3) is 1.82. The molecule has 2 fully saturated rings. The van der Waals surface area contributed by atoms with E-state index in [1.54, 1.807) is 29.3 Å². The van der Waals surface area contributed by atoms with E-state index in [4.69, 9.17) is 4.74 Å². The number of fused-ring (bicyclic) bond motifs is 2. The topological polar surface area (TPSA) is 81.0 Å². The van der Waals surface area contributed by atoms with Crippen LogP contribution in [0.2, 0.25) is 0 Å². The van der Waals surface area contributed by atoms with E-state index in [0.29, 0.717) is 25.3 Å². The smallest absolute Gasteiger partial charge is 0.311 e. The van der Waals surface area contributed by atoms with Crippen molar-refractivity contribution < 1.29 is 14.3 Å². The van der Waals surface area contributed by atoms with Crippen molar-refractivity contribution in [3.05, 3.63) is 46.5 Å². The van der Waals surface area contributed by atoms with Crippen molar-refractivity contribution in [1.29, 1.82) is 0 Å². The fraction of sp³-hybridized carbons (Fsp3) is 0.333. The minimum Gasteiger partial charge on any atom is -0.465 e. The van der Waals surface area contributed by atoms with Crippen LogP contribution < -0.4 is 5.56 Å². The summed E-state index contributed by atoms with van der Waals surface area (Å²) in [6.07, 6.45) is 2.89. The number of rotatable bonds is 1. The summed E-state index contributed by atoms with van der Waals surface area (Å²) in [4.78, 5) is 42.2. The van der Waals surface area contributed by atoms with Crippen LogP contribution in [0, 0.1) is 11.8 Å². The zero-order valence-electron chi connectivity index (χ0n) is 11.6. The van der Waals surface area contributed by atoms with Crippen LogP contribution in [-0.2, 0) is 9.53 Å². The molecule has 0 spiro atoms.